The van der Waals surface area contributed by atoms with Crippen LogP contribution in [0, 0.1) is 5.92 Å². The second-order valence-electron chi connectivity index (χ2n) is 7.27. The van der Waals surface area contributed by atoms with E-state index in [9.17, 15) is 9.90 Å². The van der Waals surface area contributed by atoms with Crippen LogP contribution in [-0.2, 0) is 4.74 Å². The van der Waals surface area contributed by atoms with E-state index in [0.717, 1.165) is 38.2 Å². The Kier molecular flexibility index (Phi) is 4.85. The lowest BCUT2D eigenvalue weighted by Crippen LogP contribution is -2.53. The highest BCUT2D eigenvalue weighted by Gasteiger charge is 2.40. The molecule has 1 aliphatic carbocycles. The fraction of sp³-hybridized carbons (Fsp3) is 0.722. The zero-order valence-corrected chi connectivity index (χ0v) is 14.5. The number of aliphatic hydroxyl groups is 1. The molecule has 2 aliphatic heterocycles. The third-order valence-corrected chi connectivity index (χ3v) is 5.75. The molecule has 3 atom stereocenters. The first-order valence-electron chi connectivity index (χ1n) is 9.39. The summed E-state index contributed by atoms with van der Waals surface area (Å²) in [7, 11) is 0. The first kappa shape index (κ1) is 16.7. The summed E-state index contributed by atoms with van der Waals surface area (Å²) in [6.07, 6.45) is 4.79. The fourth-order valence-electron chi connectivity index (χ4n) is 4.35. The molecule has 25 heavy (non-hydrogen) atoms. The van der Waals surface area contributed by atoms with Gasteiger partial charge in [-0.3, -0.25) is 4.79 Å². The largest absolute Gasteiger partial charge is 0.393 e. The summed E-state index contributed by atoms with van der Waals surface area (Å²) in [5.74, 6) is 0.841. The topological polar surface area (TPSA) is 78.8 Å². The molecule has 7 heteroatoms. The number of nitrogens with zero attached hydrogens (tertiary/aromatic N) is 4. The minimum atomic E-state index is -0.342. The first-order chi connectivity index (χ1) is 12.2. The van der Waals surface area contributed by atoms with Gasteiger partial charge in [0.25, 0.3) is 5.91 Å². The number of morpholine rings is 1. The predicted octanol–water partition coefficient (Wildman–Crippen LogP) is 1.08. The van der Waals surface area contributed by atoms with Gasteiger partial charge in [-0.15, -0.1) is 10.2 Å². The third kappa shape index (κ3) is 3.35. The maximum absolute atomic E-state index is 13.0. The van der Waals surface area contributed by atoms with E-state index < -0.39 is 0 Å². The molecule has 136 valence electrons. The van der Waals surface area contributed by atoms with E-state index in [1.807, 2.05) is 11.0 Å². The quantitative estimate of drug-likeness (QED) is 0.882. The predicted molar refractivity (Wildman–Crippen MR) is 92.5 cm³/mol. The van der Waals surface area contributed by atoms with Crippen molar-refractivity contribution in [3.8, 4) is 0 Å². The lowest BCUT2D eigenvalue weighted by molar-refractivity contribution is -0.0386. The van der Waals surface area contributed by atoms with Gasteiger partial charge in [-0.1, -0.05) is 6.42 Å². The van der Waals surface area contributed by atoms with Crippen LogP contribution in [0.25, 0.3) is 0 Å². The van der Waals surface area contributed by atoms with Crippen LogP contribution in [0.1, 0.15) is 42.6 Å². The van der Waals surface area contributed by atoms with Gasteiger partial charge in [0.05, 0.1) is 25.4 Å². The van der Waals surface area contributed by atoms with Gasteiger partial charge in [-0.25, -0.2) is 0 Å². The van der Waals surface area contributed by atoms with Gasteiger partial charge >= 0.3 is 0 Å². The van der Waals surface area contributed by atoms with Crippen molar-refractivity contribution in [2.45, 2.75) is 44.2 Å². The Hall–Kier alpha value is -1.73. The number of aromatic nitrogens is 2. The van der Waals surface area contributed by atoms with E-state index in [1.165, 1.54) is 12.8 Å². The molecule has 1 saturated carbocycles. The Morgan fingerprint density at radius 1 is 1.12 bits per heavy atom. The number of amides is 1. The lowest BCUT2D eigenvalue weighted by atomic mass is 9.94. The Labute approximate surface area is 148 Å². The summed E-state index contributed by atoms with van der Waals surface area (Å²) < 4.78 is 5.60. The van der Waals surface area contributed by atoms with Crippen molar-refractivity contribution < 1.29 is 14.6 Å². The number of carbonyl (C=O) groups is 1. The zero-order chi connectivity index (χ0) is 17.2. The van der Waals surface area contributed by atoms with Crippen molar-refractivity contribution in [3.63, 3.8) is 0 Å². The highest BCUT2D eigenvalue weighted by molar-refractivity contribution is 5.92. The van der Waals surface area contributed by atoms with E-state index in [1.54, 1.807) is 6.07 Å². The van der Waals surface area contributed by atoms with Crippen LogP contribution >= 0.6 is 0 Å². The Balaban J connectivity index is 1.49. The molecule has 0 radical (unpaired) electrons. The lowest BCUT2D eigenvalue weighted by Gasteiger charge is -2.39. The van der Waals surface area contributed by atoms with Crippen LogP contribution in [0.5, 0.6) is 0 Å². The summed E-state index contributed by atoms with van der Waals surface area (Å²) in [6, 6.07) is 3.60. The number of hydrogen-bond acceptors (Lipinski definition) is 6. The van der Waals surface area contributed by atoms with Crippen molar-refractivity contribution >= 4 is 11.7 Å². The molecular weight excluding hydrogens is 320 g/mol. The number of carbonyl (C=O) groups excluding carboxylic acids is 1. The van der Waals surface area contributed by atoms with Gasteiger partial charge < -0.3 is 19.6 Å². The second-order valence-corrected chi connectivity index (χ2v) is 7.27. The summed E-state index contributed by atoms with van der Waals surface area (Å²) in [6.45, 7) is 3.58. The molecule has 1 N–H and O–H groups in total. The van der Waals surface area contributed by atoms with Crippen molar-refractivity contribution in [1.82, 2.24) is 15.1 Å². The molecular formula is C18H26N4O3. The van der Waals surface area contributed by atoms with Crippen LogP contribution < -0.4 is 4.90 Å². The van der Waals surface area contributed by atoms with Crippen LogP contribution in [-0.4, -0.2) is 71.1 Å². The SMILES string of the molecule is O=C(c1ccc(N2CCCC2)nn1)N1CCOC[C@@H]1[C@H]1CCC[C@@H]1O. The molecule has 2 saturated heterocycles. The van der Waals surface area contributed by atoms with Crippen LogP contribution in [0.3, 0.4) is 0 Å². The monoisotopic (exact) mass is 346 g/mol. The highest BCUT2D eigenvalue weighted by atomic mass is 16.5. The average Bonchev–Trinajstić information content (AvgIpc) is 3.33. The minimum absolute atomic E-state index is 0.0705. The Morgan fingerprint density at radius 3 is 2.64 bits per heavy atom. The molecule has 3 heterocycles. The number of rotatable bonds is 3. The van der Waals surface area contributed by atoms with Crippen LogP contribution in [0.2, 0.25) is 0 Å². The van der Waals surface area contributed by atoms with Gasteiger partial charge in [-0.05, 0) is 37.8 Å². The molecule has 1 aromatic rings. The van der Waals surface area contributed by atoms with Crippen molar-refractivity contribution in [2.75, 3.05) is 37.7 Å². The maximum atomic E-state index is 13.0. The number of anilines is 1. The summed E-state index contributed by atoms with van der Waals surface area (Å²) in [5, 5.41) is 18.7. The van der Waals surface area contributed by atoms with Crippen molar-refractivity contribution in [1.29, 1.82) is 0 Å². The van der Waals surface area contributed by atoms with E-state index in [4.69, 9.17) is 4.74 Å². The molecule has 7 nitrogen and oxygen atoms in total. The number of aliphatic hydroxyl groups excluding tert-OH is 1. The summed E-state index contributed by atoms with van der Waals surface area (Å²) >= 11 is 0. The highest BCUT2D eigenvalue weighted by Crippen LogP contribution is 2.32. The minimum Gasteiger partial charge on any atom is -0.393 e. The maximum Gasteiger partial charge on any atom is 0.274 e. The summed E-state index contributed by atoms with van der Waals surface area (Å²) in [5.41, 5.74) is 0.377. The number of hydrogen-bond donors (Lipinski definition) is 1. The third-order valence-electron chi connectivity index (χ3n) is 5.75. The van der Waals surface area contributed by atoms with E-state index in [0.29, 0.717) is 25.5 Å². The molecule has 0 unspecified atom stereocenters. The van der Waals surface area contributed by atoms with E-state index in [-0.39, 0.29) is 24.0 Å². The van der Waals surface area contributed by atoms with Crippen molar-refractivity contribution in [3.05, 3.63) is 17.8 Å². The zero-order valence-electron chi connectivity index (χ0n) is 14.5. The average molecular weight is 346 g/mol. The molecule has 0 aromatic carbocycles. The van der Waals surface area contributed by atoms with Crippen LogP contribution in [0.15, 0.2) is 12.1 Å². The molecule has 0 bridgehead atoms. The standard InChI is InChI=1S/C18H26N4O3/c23-16-5-3-4-13(16)15-12-25-11-10-22(15)18(24)14-6-7-17(20-19-14)21-8-1-2-9-21/h6-7,13,15-16,23H,1-5,8-12H2/t13-,15-,16+/m1/s1. The number of ether oxygens (including phenoxy) is 1. The van der Waals surface area contributed by atoms with Crippen LogP contribution in [0.4, 0.5) is 5.82 Å². The normalized spacial score (nSPS) is 30.0. The molecule has 4 rings (SSSR count). The van der Waals surface area contributed by atoms with Gasteiger partial charge in [0.2, 0.25) is 0 Å². The fourth-order valence-corrected chi connectivity index (χ4v) is 4.35. The molecule has 3 fully saturated rings. The van der Waals surface area contributed by atoms with Gasteiger partial charge in [0.1, 0.15) is 0 Å². The second kappa shape index (κ2) is 7.25. The van der Waals surface area contributed by atoms with Gasteiger partial charge in [0.15, 0.2) is 11.5 Å². The van der Waals surface area contributed by atoms with E-state index >= 15 is 0 Å². The summed E-state index contributed by atoms with van der Waals surface area (Å²) in [4.78, 5) is 17.0. The Bertz CT molecular complexity index is 603. The molecule has 3 aliphatic rings. The smallest absolute Gasteiger partial charge is 0.274 e. The van der Waals surface area contributed by atoms with Crippen molar-refractivity contribution in [2.24, 2.45) is 5.92 Å². The Morgan fingerprint density at radius 2 is 1.96 bits per heavy atom. The first-order valence-corrected chi connectivity index (χ1v) is 9.39. The van der Waals surface area contributed by atoms with E-state index in [2.05, 4.69) is 15.1 Å². The van der Waals surface area contributed by atoms with Gasteiger partial charge in [-0.2, -0.15) is 0 Å². The molecule has 1 aromatic heterocycles. The van der Waals surface area contributed by atoms with Gasteiger partial charge in [0, 0.05) is 25.6 Å². The molecule has 1 amide bonds. The molecule has 0 spiro atoms.